The second kappa shape index (κ2) is 13.9. The van der Waals surface area contributed by atoms with Crippen molar-refractivity contribution in [2.45, 2.75) is 12.3 Å². The molecule has 0 spiro atoms. The Balaban J connectivity index is 0.962. The summed E-state index contributed by atoms with van der Waals surface area (Å²) in [6.45, 7) is 0.810. The minimum atomic E-state index is -0.185. The SMILES string of the molecule is CN1C(c2ccccc2)=NC(c2ccc(-c3ccc(C4Nc5c(c6c(c7ccccc57)NCC=C6)N4c4cccc5ccccc45)cc3)cc2)=NC1c1ccccc1. The fourth-order valence-electron chi connectivity index (χ4n) is 8.89. The van der Waals surface area contributed by atoms with E-state index in [-0.39, 0.29) is 12.3 Å². The molecule has 0 saturated carbocycles. The predicted octanol–water partition coefficient (Wildman–Crippen LogP) is 12.2. The number of fused-ring (bicyclic) bond motifs is 7. The topological polar surface area (TPSA) is 55.3 Å². The lowest BCUT2D eigenvalue weighted by atomic mass is 9.96. The number of rotatable bonds is 6. The standard InChI is InChI=1S/C52H40N6/c1-57-50(38-15-4-2-5-16-38)55-49(56-51(57)39-17-6-3-7-18-39)37-29-25-34(26-30-37)35-27-31-40(32-28-35)52-54-47-43-22-11-10-21-42(43)46-44(23-13-33-53-46)48(47)58(52)45-24-12-19-36-14-8-9-20-41(36)45/h2-32,50,52-54H,33H2,1H3. The first kappa shape index (κ1) is 33.9. The number of benzene rings is 8. The summed E-state index contributed by atoms with van der Waals surface area (Å²) in [4.78, 5) is 15.0. The van der Waals surface area contributed by atoms with Crippen molar-refractivity contribution in [3.05, 3.63) is 210 Å². The Labute approximate surface area is 338 Å². The van der Waals surface area contributed by atoms with E-state index in [1.54, 1.807) is 0 Å². The molecule has 11 rings (SSSR count). The molecule has 3 aliphatic rings. The summed E-state index contributed by atoms with van der Waals surface area (Å²) in [6, 6.07) is 62.6. The largest absolute Gasteiger partial charge is 0.381 e. The van der Waals surface area contributed by atoms with E-state index >= 15 is 0 Å². The van der Waals surface area contributed by atoms with E-state index in [4.69, 9.17) is 9.98 Å². The Bertz CT molecular complexity index is 2930. The van der Waals surface area contributed by atoms with E-state index in [0.29, 0.717) is 0 Å². The molecule has 3 heterocycles. The predicted molar refractivity (Wildman–Crippen MR) is 242 cm³/mol. The summed E-state index contributed by atoms with van der Waals surface area (Å²) in [5.74, 6) is 1.63. The van der Waals surface area contributed by atoms with Crippen LogP contribution in [0.25, 0.3) is 38.7 Å². The van der Waals surface area contributed by atoms with Gasteiger partial charge in [0.15, 0.2) is 5.84 Å². The Morgan fingerprint density at radius 3 is 1.93 bits per heavy atom. The molecule has 278 valence electrons. The molecule has 0 aromatic heterocycles. The van der Waals surface area contributed by atoms with Crippen LogP contribution in [0.4, 0.5) is 22.7 Å². The molecule has 6 heteroatoms. The average molecular weight is 749 g/mol. The summed E-state index contributed by atoms with van der Waals surface area (Å²) in [5.41, 5.74) is 12.6. The van der Waals surface area contributed by atoms with Crippen LogP contribution in [0, 0.1) is 0 Å². The van der Waals surface area contributed by atoms with E-state index in [9.17, 15) is 0 Å². The van der Waals surface area contributed by atoms with E-state index in [1.807, 2.05) is 12.1 Å². The molecular weight excluding hydrogens is 709 g/mol. The van der Waals surface area contributed by atoms with Gasteiger partial charge in [-0.2, -0.15) is 0 Å². The lowest BCUT2D eigenvalue weighted by molar-refractivity contribution is 0.383. The van der Waals surface area contributed by atoms with Crippen LogP contribution in [0.1, 0.15) is 40.1 Å². The first-order valence-corrected chi connectivity index (χ1v) is 19.9. The minimum absolute atomic E-state index is 0.126. The quantitative estimate of drug-likeness (QED) is 0.178. The summed E-state index contributed by atoms with van der Waals surface area (Å²) in [6.07, 6.45) is 4.20. The Kier molecular flexibility index (Phi) is 8.14. The zero-order chi connectivity index (χ0) is 38.6. The van der Waals surface area contributed by atoms with Crippen LogP contribution in [-0.4, -0.2) is 30.2 Å². The molecule has 58 heavy (non-hydrogen) atoms. The highest BCUT2D eigenvalue weighted by atomic mass is 15.3. The van der Waals surface area contributed by atoms with E-state index < -0.39 is 0 Å². The van der Waals surface area contributed by atoms with Crippen LogP contribution < -0.4 is 15.5 Å². The molecule has 8 aromatic carbocycles. The van der Waals surface area contributed by atoms with Crippen LogP contribution in [0.15, 0.2) is 192 Å². The molecule has 0 amide bonds. The normalized spacial score (nSPS) is 17.0. The van der Waals surface area contributed by atoms with Crippen molar-refractivity contribution in [1.82, 2.24) is 4.90 Å². The second-order valence-corrected chi connectivity index (χ2v) is 15.1. The molecule has 2 atom stereocenters. The number of hydrogen-bond acceptors (Lipinski definition) is 6. The van der Waals surface area contributed by atoms with Crippen molar-refractivity contribution in [2.75, 3.05) is 29.1 Å². The number of amidine groups is 2. The summed E-state index contributed by atoms with van der Waals surface area (Å²) >= 11 is 0. The number of nitrogens with one attached hydrogen (secondary N) is 2. The first-order chi connectivity index (χ1) is 28.7. The second-order valence-electron chi connectivity index (χ2n) is 15.1. The Morgan fingerprint density at radius 1 is 0.552 bits per heavy atom. The molecule has 2 unspecified atom stereocenters. The third-order valence-electron chi connectivity index (χ3n) is 11.7. The number of nitrogens with zero attached hydrogens (tertiary/aromatic N) is 4. The molecule has 8 aromatic rings. The monoisotopic (exact) mass is 748 g/mol. The van der Waals surface area contributed by atoms with E-state index in [2.05, 4.69) is 203 Å². The van der Waals surface area contributed by atoms with Gasteiger partial charge in [-0.3, -0.25) is 0 Å². The molecule has 0 bridgehead atoms. The van der Waals surface area contributed by atoms with Crippen LogP contribution in [0.5, 0.6) is 0 Å². The Hall–Kier alpha value is -7.44. The van der Waals surface area contributed by atoms with Crippen LogP contribution >= 0.6 is 0 Å². The average Bonchev–Trinajstić information content (AvgIpc) is 3.71. The maximum Gasteiger partial charge on any atom is 0.159 e. The van der Waals surface area contributed by atoms with Gasteiger partial charge in [-0.15, -0.1) is 0 Å². The zero-order valence-electron chi connectivity index (χ0n) is 32.0. The molecule has 0 saturated heterocycles. The van der Waals surface area contributed by atoms with E-state index in [0.717, 1.165) is 51.7 Å². The van der Waals surface area contributed by atoms with Crippen molar-refractivity contribution in [1.29, 1.82) is 0 Å². The third-order valence-corrected chi connectivity index (χ3v) is 11.7. The maximum absolute atomic E-state index is 5.19. The number of aliphatic imine (C=N–C) groups is 2. The zero-order valence-corrected chi connectivity index (χ0v) is 32.0. The van der Waals surface area contributed by atoms with Gasteiger partial charge >= 0.3 is 0 Å². The molecule has 2 N–H and O–H groups in total. The summed E-state index contributed by atoms with van der Waals surface area (Å²) in [7, 11) is 2.07. The molecule has 0 fully saturated rings. The number of hydrogen-bond donors (Lipinski definition) is 2. The van der Waals surface area contributed by atoms with E-state index in [1.165, 1.54) is 49.7 Å². The van der Waals surface area contributed by atoms with Crippen molar-refractivity contribution in [2.24, 2.45) is 9.98 Å². The lowest BCUT2D eigenvalue weighted by Crippen LogP contribution is -2.35. The van der Waals surface area contributed by atoms with Crippen LogP contribution in [-0.2, 0) is 0 Å². The van der Waals surface area contributed by atoms with Crippen molar-refractivity contribution in [3.8, 4) is 11.1 Å². The highest BCUT2D eigenvalue weighted by Crippen LogP contribution is 2.55. The van der Waals surface area contributed by atoms with Gasteiger partial charge < -0.3 is 20.4 Å². The lowest BCUT2D eigenvalue weighted by Gasteiger charge is -2.32. The summed E-state index contributed by atoms with van der Waals surface area (Å²) in [5, 5.41) is 12.6. The molecule has 0 aliphatic carbocycles. The smallest absolute Gasteiger partial charge is 0.159 e. The first-order valence-electron chi connectivity index (χ1n) is 19.9. The fraction of sp³-hybridized carbons (Fsp3) is 0.0769. The van der Waals surface area contributed by atoms with Gasteiger partial charge in [0.25, 0.3) is 0 Å². The van der Waals surface area contributed by atoms with Crippen molar-refractivity contribution in [3.63, 3.8) is 0 Å². The van der Waals surface area contributed by atoms with Gasteiger partial charge in [0.1, 0.15) is 18.2 Å². The van der Waals surface area contributed by atoms with Gasteiger partial charge in [-0.05, 0) is 33.7 Å². The van der Waals surface area contributed by atoms with Gasteiger partial charge in [-0.25, -0.2) is 9.98 Å². The van der Waals surface area contributed by atoms with Crippen LogP contribution in [0.3, 0.4) is 0 Å². The molecule has 6 nitrogen and oxygen atoms in total. The highest BCUT2D eigenvalue weighted by Gasteiger charge is 2.37. The van der Waals surface area contributed by atoms with Crippen LogP contribution in [0.2, 0.25) is 0 Å². The van der Waals surface area contributed by atoms with Gasteiger partial charge in [-0.1, -0.05) is 182 Å². The Morgan fingerprint density at radius 2 is 1.17 bits per heavy atom. The highest BCUT2D eigenvalue weighted by molar-refractivity contribution is 6.16. The summed E-state index contributed by atoms with van der Waals surface area (Å²) < 4.78 is 0. The van der Waals surface area contributed by atoms with Crippen molar-refractivity contribution < 1.29 is 0 Å². The third kappa shape index (κ3) is 5.64. The fourth-order valence-corrected chi connectivity index (χ4v) is 8.89. The molecular formula is C52H40N6. The van der Waals surface area contributed by atoms with Gasteiger partial charge in [0.2, 0.25) is 0 Å². The van der Waals surface area contributed by atoms with Gasteiger partial charge in [0.05, 0.1) is 22.7 Å². The number of anilines is 4. The van der Waals surface area contributed by atoms with Gasteiger partial charge in [0, 0.05) is 46.4 Å². The van der Waals surface area contributed by atoms with Crippen molar-refractivity contribution >= 4 is 62.0 Å². The molecule has 3 aliphatic heterocycles. The molecule has 0 radical (unpaired) electrons. The minimum Gasteiger partial charge on any atom is -0.381 e. The maximum atomic E-state index is 5.19.